The first-order chi connectivity index (χ1) is 5.17. The smallest absolute Gasteiger partial charge is 0.337 e. The molecule has 0 aromatic carbocycles. The summed E-state index contributed by atoms with van der Waals surface area (Å²) in [5, 5.41) is 9.17. The van der Waals surface area contributed by atoms with Gasteiger partial charge < -0.3 is 14.6 Å². The molecule has 4 nitrogen and oxygen atoms in total. The average molecular weight is 274 g/mol. The maximum absolute atomic E-state index is 10.7. The van der Waals surface area contributed by atoms with Gasteiger partial charge in [-0.05, 0) is 0 Å². The Kier molecular flexibility index (Phi) is 5.79. The quantitative estimate of drug-likeness (QED) is 0.444. The second-order valence-electron chi connectivity index (χ2n) is 1.90. The van der Waals surface area contributed by atoms with Gasteiger partial charge in [0.25, 0.3) is 0 Å². The van der Waals surface area contributed by atoms with Gasteiger partial charge in [0, 0.05) is 11.5 Å². The van der Waals surface area contributed by atoms with Crippen molar-refractivity contribution in [1.29, 1.82) is 0 Å². The largest absolute Gasteiger partial charge is 0.467 e. The van der Waals surface area contributed by atoms with Crippen LogP contribution in [-0.2, 0) is 14.3 Å². The summed E-state index contributed by atoms with van der Waals surface area (Å²) in [6.45, 7) is 0. The molecule has 0 aromatic rings. The minimum Gasteiger partial charge on any atom is -0.467 e. The number of rotatable bonds is 4. The molecule has 0 rings (SSSR count). The highest BCUT2D eigenvalue weighted by Crippen LogP contribution is 2.03. The van der Waals surface area contributed by atoms with Crippen molar-refractivity contribution in [2.45, 2.75) is 12.2 Å². The zero-order valence-corrected chi connectivity index (χ0v) is 8.57. The van der Waals surface area contributed by atoms with Gasteiger partial charge in [-0.1, -0.05) is 22.6 Å². The third-order valence-electron chi connectivity index (χ3n) is 1.25. The van der Waals surface area contributed by atoms with E-state index in [1.165, 1.54) is 14.2 Å². The number of aliphatic hydroxyl groups is 1. The number of halogens is 1. The lowest BCUT2D eigenvalue weighted by atomic mass is 10.2. The van der Waals surface area contributed by atoms with E-state index in [4.69, 9.17) is 4.74 Å². The lowest BCUT2D eigenvalue weighted by Gasteiger charge is -2.16. The molecular weight excluding hydrogens is 263 g/mol. The van der Waals surface area contributed by atoms with Crippen LogP contribution in [0.1, 0.15) is 0 Å². The number of hydrogen-bond donors (Lipinski definition) is 1. The number of ether oxygens (including phenoxy) is 2. The molecule has 0 aromatic heterocycles. The maximum atomic E-state index is 10.7. The fourth-order valence-corrected chi connectivity index (χ4v) is 1.39. The molecule has 0 aliphatic rings. The summed E-state index contributed by atoms with van der Waals surface area (Å²) >= 11 is 2.02. The van der Waals surface area contributed by atoms with Crippen molar-refractivity contribution in [1.82, 2.24) is 0 Å². The number of carbonyl (C=O) groups is 1. The summed E-state index contributed by atoms with van der Waals surface area (Å²) < 4.78 is 9.70. The van der Waals surface area contributed by atoms with Gasteiger partial charge in [-0.3, -0.25) is 0 Å². The SMILES string of the molecule is COC(=O)[C@H](O)C(CI)OC. The van der Waals surface area contributed by atoms with Crippen molar-refractivity contribution in [3.05, 3.63) is 0 Å². The van der Waals surface area contributed by atoms with Gasteiger partial charge in [0.1, 0.15) is 6.10 Å². The Balaban J connectivity index is 3.97. The molecule has 66 valence electrons. The topological polar surface area (TPSA) is 55.8 Å². The van der Waals surface area contributed by atoms with E-state index in [1.807, 2.05) is 22.6 Å². The minimum absolute atomic E-state index is 0.483. The summed E-state index contributed by atoms with van der Waals surface area (Å²) in [7, 11) is 2.67. The van der Waals surface area contributed by atoms with Crippen LogP contribution in [0.25, 0.3) is 0 Å². The molecule has 0 spiro atoms. The predicted molar refractivity (Wildman–Crippen MR) is 47.7 cm³/mol. The van der Waals surface area contributed by atoms with E-state index in [9.17, 15) is 9.90 Å². The van der Waals surface area contributed by atoms with Gasteiger partial charge in [-0.15, -0.1) is 0 Å². The number of hydrogen-bond acceptors (Lipinski definition) is 4. The zero-order valence-electron chi connectivity index (χ0n) is 6.41. The van der Waals surface area contributed by atoms with E-state index in [0.29, 0.717) is 4.43 Å². The van der Waals surface area contributed by atoms with Crippen LogP contribution in [0.2, 0.25) is 0 Å². The monoisotopic (exact) mass is 274 g/mol. The van der Waals surface area contributed by atoms with Crippen molar-refractivity contribution in [2.75, 3.05) is 18.6 Å². The first kappa shape index (κ1) is 11.1. The first-order valence-electron chi connectivity index (χ1n) is 3.02. The van der Waals surface area contributed by atoms with Crippen LogP contribution < -0.4 is 0 Å². The summed E-state index contributed by atoms with van der Waals surface area (Å²) in [5.74, 6) is -0.659. The Labute approximate surface area is 79.0 Å². The third-order valence-corrected chi connectivity index (χ3v) is 2.12. The van der Waals surface area contributed by atoms with Crippen molar-refractivity contribution < 1.29 is 19.4 Å². The molecular formula is C6H11IO4. The van der Waals surface area contributed by atoms with Crippen molar-refractivity contribution >= 4 is 28.6 Å². The highest BCUT2D eigenvalue weighted by Gasteiger charge is 2.25. The standard InChI is InChI=1S/C6H11IO4/c1-10-4(3-7)5(8)6(9)11-2/h4-5,8H,3H2,1-2H3/t4?,5-/m1/s1. The van der Waals surface area contributed by atoms with Crippen LogP contribution in [0, 0.1) is 0 Å². The van der Waals surface area contributed by atoms with E-state index >= 15 is 0 Å². The van der Waals surface area contributed by atoms with Crippen LogP contribution in [-0.4, -0.2) is 41.9 Å². The van der Waals surface area contributed by atoms with Gasteiger partial charge in [-0.25, -0.2) is 4.79 Å². The highest BCUT2D eigenvalue weighted by atomic mass is 127. The molecule has 0 amide bonds. The number of alkyl halides is 1. The lowest BCUT2D eigenvalue weighted by Crippen LogP contribution is -2.37. The van der Waals surface area contributed by atoms with E-state index in [-0.39, 0.29) is 0 Å². The van der Waals surface area contributed by atoms with Crippen LogP contribution in [0.15, 0.2) is 0 Å². The van der Waals surface area contributed by atoms with Crippen LogP contribution in [0.3, 0.4) is 0 Å². The van der Waals surface area contributed by atoms with Crippen LogP contribution in [0.5, 0.6) is 0 Å². The molecule has 1 unspecified atom stereocenters. The van der Waals surface area contributed by atoms with Crippen LogP contribution in [0.4, 0.5) is 0 Å². The molecule has 0 aliphatic carbocycles. The molecule has 0 aliphatic heterocycles. The second kappa shape index (κ2) is 5.73. The Hall–Kier alpha value is 0.120. The van der Waals surface area contributed by atoms with E-state index in [0.717, 1.165) is 0 Å². The fraction of sp³-hybridized carbons (Fsp3) is 0.833. The van der Waals surface area contributed by atoms with Gasteiger partial charge >= 0.3 is 5.97 Å². The third kappa shape index (κ3) is 3.35. The molecule has 0 radical (unpaired) electrons. The molecule has 0 fully saturated rings. The summed E-state index contributed by atoms with van der Waals surface area (Å²) in [5.41, 5.74) is 0. The normalized spacial score (nSPS) is 15.6. The first-order valence-corrected chi connectivity index (χ1v) is 4.54. The summed E-state index contributed by atoms with van der Waals surface area (Å²) in [6, 6.07) is 0. The lowest BCUT2D eigenvalue weighted by molar-refractivity contribution is -0.156. The Morgan fingerprint density at radius 2 is 2.18 bits per heavy atom. The summed E-state index contributed by atoms with van der Waals surface area (Å²) in [6.07, 6.45) is -1.66. The molecule has 11 heavy (non-hydrogen) atoms. The predicted octanol–water partition coefficient (Wildman–Crippen LogP) is -0.0297. The van der Waals surface area contributed by atoms with E-state index in [1.54, 1.807) is 0 Å². The highest BCUT2D eigenvalue weighted by molar-refractivity contribution is 14.1. The molecule has 5 heteroatoms. The van der Waals surface area contributed by atoms with Gasteiger partial charge in [0.05, 0.1) is 7.11 Å². The van der Waals surface area contributed by atoms with Crippen molar-refractivity contribution in [2.24, 2.45) is 0 Å². The Morgan fingerprint density at radius 3 is 2.45 bits per heavy atom. The number of aliphatic hydroxyl groups excluding tert-OH is 1. The Morgan fingerprint density at radius 1 is 1.64 bits per heavy atom. The molecule has 0 saturated carbocycles. The fourth-order valence-electron chi connectivity index (χ4n) is 0.549. The minimum atomic E-state index is -1.18. The van der Waals surface area contributed by atoms with Crippen LogP contribution >= 0.6 is 22.6 Å². The number of esters is 1. The average Bonchev–Trinajstić information content (AvgIpc) is 2.05. The van der Waals surface area contributed by atoms with E-state index in [2.05, 4.69) is 4.74 Å². The van der Waals surface area contributed by atoms with Crippen molar-refractivity contribution in [3.63, 3.8) is 0 Å². The zero-order chi connectivity index (χ0) is 8.85. The van der Waals surface area contributed by atoms with Crippen molar-refractivity contribution in [3.8, 4) is 0 Å². The Bertz CT molecular complexity index is 124. The molecule has 0 heterocycles. The molecule has 1 N–H and O–H groups in total. The number of methoxy groups -OCH3 is 2. The maximum Gasteiger partial charge on any atom is 0.337 e. The molecule has 2 atom stereocenters. The van der Waals surface area contributed by atoms with Gasteiger partial charge in [0.2, 0.25) is 0 Å². The number of carbonyl (C=O) groups excluding carboxylic acids is 1. The summed E-state index contributed by atoms with van der Waals surface area (Å²) in [4.78, 5) is 10.7. The second-order valence-corrected chi connectivity index (χ2v) is 2.78. The van der Waals surface area contributed by atoms with E-state index < -0.39 is 18.2 Å². The van der Waals surface area contributed by atoms with Gasteiger partial charge in [-0.2, -0.15) is 0 Å². The van der Waals surface area contributed by atoms with Gasteiger partial charge in [0.15, 0.2) is 6.10 Å². The molecule has 0 bridgehead atoms. The molecule has 0 saturated heterocycles.